The van der Waals surface area contributed by atoms with E-state index in [2.05, 4.69) is 13.2 Å². The van der Waals surface area contributed by atoms with Gasteiger partial charge in [0.15, 0.2) is 0 Å². The van der Waals surface area contributed by atoms with Gasteiger partial charge in [0.1, 0.15) is 0 Å². The SMILES string of the molecule is C=COCCCCCCCCCCCCCOC=C. The molecule has 0 aromatic heterocycles. The molecule has 0 aromatic rings. The molecule has 2 heteroatoms. The van der Waals surface area contributed by atoms with Gasteiger partial charge in [0.25, 0.3) is 0 Å². The third-order valence-corrected chi connectivity index (χ3v) is 3.26. The van der Waals surface area contributed by atoms with Gasteiger partial charge in [-0.3, -0.25) is 0 Å². The Balaban J connectivity index is 2.91. The fraction of sp³-hybridized carbons (Fsp3) is 0.765. The lowest BCUT2D eigenvalue weighted by molar-refractivity contribution is 0.241. The van der Waals surface area contributed by atoms with E-state index >= 15 is 0 Å². The smallest absolute Gasteiger partial charge is 0.0873 e. The number of hydrogen-bond acceptors (Lipinski definition) is 2. The predicted octanol–water partition coefficient (Wildman–Crippen LogP) is 5.60. The molecule has 0 heterocycles. The van der Waals surface area contributed by atoms with Gasteiger partial charge in [-0.2, -0.15) is 0 Å². The summed E-state index contributed by atoms with van der Waals surface area (Å²) in [5.74, 6) is 0. The van der Waals surface area contributed by atoms with Crippen molar-refractivity contribution >= 4 is 0 Å². The van der Waals surface area contributed by atoms with Gasteiger partial charge in [-0.05, 0) is 12.8 Å². The molecule has 0 bridgehead atoms. The van der Waals surface area contributed by atoms with Crippen LogP contribution in [-0.4, -0.2) is 13.2 Å². The second-order valence-electron chi connectivity index (χ2n) is 4.96. The van der Waals surface area contributed by atoms with Gasteiger partial charge in [-0.25, -0.2) is 0 Å². The largest absolute Gasteiger partial charge is 0.502 e. The molecule has 0 unspecified atom stereocenters. The minimum atomic E-state index is 0.832. The third-order valence-electron chi connectivity index (χ3n) is 3.26. The summed E-state index contributed by atoms with van der Waals surface area (Å²) in [6.45, 7) is 8.73. The van der Waals surface area contributed by atoms with E-state index < -0.39 is 0 Å². The van der Waals surface area contributed by atoms with Crippen LogP contribution in [0.5, 0.6) is 0 Å². The van der Waals surface area contributed by atoms with Crippen molar-refractivity contribution in [3.8, 4) is 0 Å². The van der Waals surface area contributed by atoms with Crippen molar-refractivity contribution in [2.45, 2.75) is 70.6 Å². The van der Waals surface area contributed by atoms with Crippen LogP contribution in [-0.2, 0) is 9.47 Å². The van der Waals surface area contributed by atoms with Crippen molar-refractivity contribution in [1.29, 1.82) is 0 Å². The van der Waals surface area contributed by atoms with Gasteiger partial charge < -0.3 is 9.47 Å². The van der Waals surface area contributed by atoms with Crippen LogP contribution < -0.4 is 0 Å². The minimum absolute atomic E-state index is 0.832. The number of ether oxygens (including phenoxy) is 2. The molecule has 0 aliphatic rings. The van der Waals surface area contributed by atoms with Crippen molar-refractivity contribution in [3.05, 3.63) is 25.7 Å². The van der Waals surface area contributed by atoms with Gasteiger partial charge in [-0.15, -0.1) is 0 Å². The van der Waals surface area contributed by atoms with Gasteiger partial charge in [0.2, 0.25) is 0 Å². The number of rotatable bonds is 16. The Morgan fingerprint density at radius 3 is 1.00 bits per heavy atom. The highest BCUT2D eigenvalue weighted by Crippen LogP contribution is 2.11. The minimum Gasteiger partial charge on any atom is -0.502 e. The molecule has 0 aromatic carbocycles. The lowest BCUT2D eigenvalue weighted by atomic mass is 10.1. The van der Waals surface area contributed by atoms with E-state index in [0.717, 1.165) is 13.2 Å². The molecule has 0 spiro atoms. The maximum atomic E-state index is 5.09. The summed E-state index contributed by atoms with van der Waals surface area (Å²) < 4.78 is 10.2. The summed E-state index contributed by atoms with van der Waals surface area (Å²) >= 11 is 0. The fourth-order valence-electron chi connectivity index (χ4n) is 2.13. The summed E-state index contributed by atoms with van der Waals surface area (Å²) in [7, 11) is 0. The van der Waals surface area contributed by atoms with E-state index in [1.54, 1.807) is 0 Å². The highest BCUT2D eigenvalue weighted by atomic mass is 16.5. The molecule has 0 saturated heterocycles. The topological polar surface area (TPSA) is 18.5 Å². The molecule has 112 valence electrons. The van der Waals surface area contributed by atoms with Crippen LogP contribution in [0.15, 0.2) is 25.7 Å². The second-order valence-corrected chi connectivity index (χ2v) is 4.96. The van der Waals surface area contributed by atoms with Crippen LogP contribution in [0.4, 0.5) is 0 Å². The Bertz CT molecular complexity index is 170. The summed E-state index contributed by atoms with van der Waals surface area (Å²) in [4.78, 5) is 0. The van der Waals surface area contributed by atoms with Gasteiger partial charge in [0.05, 0.1) is 25.7 Å². The van der Waals surface area contributed by atoms with Crippen molar-refractivity contribution in [1.82, 2.24) is 0 Å². The molecule has 0 fully saturated rings. The average Bonchev–Trinajstić information content (AvgIpc) is 2.43. The predicted molar refractivity (Wildman–Crippen MR) is 83.1 cm³/mol. The van der Waals surface area contributed by atoms with Crippen LogP contribution in [0.3, 0.4) is 0 Å². The average molecular weight is 268 g/mol. The maximum Gasteiger partial charge on any atom is 0.0873 e. The first-order valence-corrected chi connectivity index (χ1v) is 7.87. The molecule has 19 heavy (non-hydrogen) atoms. The Morgan fingerprint density at radius 2 is 0.737 bits per heavy atom. The Morgan fingerprint density at radius 1 is 0.474 bits per heavy atom. The highest BCUT2D eigenvalue weighted by molar-refractivity contribution is 4.52. The summed E-state index contributed by atoms with van der Waals surface area (Å²) in [5, 5.41) is 0. The van der Waals surface area contributed by atoms with Crippen LogP contribution >= 0.6 is 0 Å². The molecule has 0 atom stereocenters. The fourth-order valence-corrected chi connectivity index (χ4v) is 2.13. The van der Waals surface area contributed by atoms with E-state index in [0.29, 0.717) is 0 Å². The molecule has 0 radical (unpaired) electrons. The van der Waals surface area contributed by atoms with Gasteiger partial charge >= 0.3 is 0 Å². The van der Waals surface area contributed by atoms with E-state index in [4.69, 9.17) is 9.47 Å². The first-order valence-electron chi connectivity index (χ1n) is 7.87. The lowest BCUT2D eigenvalue weighted by Crippen LogP contribution is -1.88. The summed E-state index contributed by atoms with van der Waals surface area (Å²) in [5.41, 5.74) is 0. The Hall–Kier alpha value is -0.920. The van der Waals surface area contributed by atoms with Crippen molar-refractivity contribution in [2.75, 3.05) is 13.2 Å². The quantitative estimate of drug-likeness (QED) is 0.268. The number of hydrogen-bond donors (Lipinski definition) is 0. The van der Waals surface area contributed by atoms with Crippen molar-refractivity contribution in [3.63, 3.8) is 0 Å². The van der Waals surface area contributed by atoms with Crippen molar-refractivity contribution in [2.24, 2.45) is 0 Å². The summed E-state index contributed by atoms with van der Waals surface area (Å²) in [6, 6.07) is 0. The standard InChI is InChI=1S/C17H32O2/c1-3-18-16-14-12-10-8-6-5-7-9-11-13-15-17-19-4-2/h3-4H,1-2,5-17H2. The normalized spacial score (nSPS) is 10.1. The maximum absolute atomic E-state index is 5.09. The molecule has 0 saturated carbocycles. The first kappa shape index (κ1) is 18.1. The van der Waals surface area contributed by atoms with E-state index in [1.165, 1.54) is 83.2 Å². The Kier molecular flexibility index (Phi) is 16.3. The Labute approximate surface area is 119 Å². The molecular formula is C17H32O2. The molecule has 0 N–H and O–H groups in total. The molecule has 2 nitrogen and oxygen atoms in total. The van der Waals surface area contributed by atoms with E-state index in [9.17, 15) is 0 Å². The summed E-state index contributed by atoms with van der Waals surface area (Å²) in [6.07, 6.45) is 17.6. The molecule has 0 aliphatic carbocycles. The monoisotopic (exact) mass is 268 g/mol. The van der Waals surface area contributed by atoms with Crippen LogP contribution in [0, 0.1) is 0 Å². The van der Waals surface area contributed by atoms with Crippen LogP contribution in [0.1, 0.15) is 70.6 Å². The van der Waals surface area contributed by atoms with E-state index in [1.807, 2.05) is 0 Å². The zero-order valence-electron chi connectivity index (χ0n) is 12.6. The van der Waals surface area contributed by atoms with Gasteiger partial charge in [0, 0.05) is 0 Å². The molecule has 0 aliphatic heterocycles. The lowest BCUT2D eigenvalue weighted by Gasteiger charge is -2.03. The first-order chi connectivity index (χ1) is 9.41. The van der Waals surface area contributed by atoms with Crippen LogP contribution in [0.2, 0.25) is 0 Å². The zero-order valence-corrected chi connectivity index (χ0v) is 12.6. The molecule has 0 amide bonds. The second kappa shape index (κ2) is 17.1. The van der Waals surface area contributed by atoms with E-state index in [-0.39, 0.29) is 0 Å². The van der Waals surface area contributed by atoms with Crippen LogP contribution in [0.25, 0.3) is 0 Å². The van der Waals surface area contributed by atoms with Crippen molar-refractivity contribution < 1.29 is 9.47 Å². The zero-order chi connectivity index (χ0) is 14.0. The van der Waals surface area contributed by atoms with Gasteiger partial charge in [-0.1, -0.05) is 70.9 Å². The molecule has 0 rings (SSSR count). The number of unbranched alkanes of at least 4 members (excludes halogenated alkanes) is 10. The highest BCUT2D eigenvalue weighted by Gasteiger charge is 1.93. The third kappa shape index (κ3) is 17.1. The molecular weight excluding hydrogens is 236 g/mol.